The molecule has 0 amide bonds. The van der Waals surface area contributed by atoms with Gasteiger partial charge in [0.25, 0.3) is 0 Å². The van der Waals surface area contributed by atoms with Gasteiger partial charge >= 0.3 is 0 Å². The molecule has 0 saturated carbocycles. The Morgan fingerprint density at radius 2 is 2.12 bits per heavy atom. The second kappa shape index (κ2) is 6.03. The van der Waals surface area contributed by atoms with Crippen LogP contribution >= 0.6 is 11.8 Å². The van der Waals surface area contributed by atoms with Crippen molar-refractivity contribution < 1.29 is 0 Å². The van der Waals surface area contributed by atoms with Crippen LogP contribution in [0.15, 0.2) is 30.3 Å². The quantitative estimate of drug-likeness (QED) is 0.821. The Hall–Kier alpha value is -1.06. The van der Waals surface area contributed by atoms with Gasteiger partial charge in [-0.3, -0.25) is 4.98 Å². The second-order valence-electron chi connectivity index (χ2n) is 4.11. The first-order valence-corrected chi connectivity index (χ1v) is 7.25. The van der Waals surface area contributed by atoms with Crippen molar-refractivity contribution in [2.24, 2.45) is 0 Å². The summed E-state index contributed by atoms with van der Waals surface area (Å²) in [4.78, 5) is 4.55. The molecule has 90 valence electrons. The van der Waals surface area contributed by atoms with Crippen LogP contribution in [-0.4, -0.2) is 23.5 Å². The Morgan fingerprint density at radius 1 is 1.29 bits per heavy atom. The van der Waals surface area contributed by atoms with E-state index in [0.717, 1.165) is 30.1 Å². The highest BCUT2D eigenvalue weighted by Gasteiger charge is 2.02. The summed E-state index contributed by atoms with van der Waals surface area (Å²) in [5.41, 5.74) is 3.52. The molecule has 2 aromatic rings. The van der Waals surface area contributed by atoms with E-state index in [9.17, 15) is 0 Å². The zero-order valence-corrected chi connectivity index (χ0v) is 11.2. The molecule has 17 heavy (non-hydrogen) atoms. The lowest BCUT2D eigenvalue weighted by Gasteiger charge is -2.08. The molecule has 0 saturated heterocycles. The van der Waals surface area contributed by atoms with Crippen molar-refractivity contribution >= 4 is 22.7 Å². The van der Waals surface area contributed by atoms with Crippen molar-refractivity contribution in [3.8, 4) is 0 Å². The van der Waals surface area contributed by atoms with Crippen LogP contribution in [0.2, 0.25) is 0 Å². The van der Waals surface area contributed by atoms with E-state index >= 15 is 0 Å². The molecule has 2 nitrogen and oxygen atoms in total. The van der Waals surface area contributed by atoms with Crippen LogP contribution in [0.3, 0.4) is 0 Å². The molecule has 0 spiro atoms. The number of nitrogens with one attached hydrogen (secondary N) is 1. The minimum Gasteiger partial charge on any atom is -0.312 e. The standard InChI is InChI=1S/C14H18N2S/c1-11-9-12(10-15-7-8-17-2)13-5-3-4-6-14(13)16-11/h3-6,9,15H,7-8,10H2,1-2H3. The lowest BCUT2D eigenvalue weighted by molar-refractivity contribution is 0.735. The Bertz CT molecular complexity index is 497. The molecule has 1 aromatic carbocycles. The van der Waals surface area contributed by atoms with Crippen molar-refractivity contribution in [1.82, 2.24) is 10.3 Å². The Balaban J connectivity index is 2.20. The number of nitrogens with zero attached hydrogens (tertiary/aromatic N) is 1. The van der Waals surface area contributed by atoms with E-state index in [1.165, 1.54) is 10.9 Å². The van der Waals surface area contributed by atoms with Crippen molar-refractivity contribution in [1.29, 1.82) is 0 Å². The maximum absolute atomic E-state index is 4.55. The first kappa shape index (κ1) is 12.4. The van der Waals surface area contributed by atoms with Gasteiger partial charge < -0.3 is 5.32 Å². The number of fused-ring (bicyclic) bond motifs is 1. The highest BCUT2D eigenvalue weighted by Crippen LogP contribution is 2.17. The van der Waals surface area contributed by atoms with Crippen LogP contribution in [0, 0.1) is 6.92 Å². The molecule has 0 atom stereocenters. The molecule has 1 heterocycles. The summed E-state index contributed by atoms with van der Waals surface area (Å²) in [6, 6.07) is 10.5. The fourth-order valence-electron chi connectivity index (χ4n) is 1.94. The molecule has 1 aromatic heterocycles. The van der Waals surface area contributed by atoms with Gasteiger partial charge in [-0.15, -0.1) is 0 Å². The van der Waals surface area contributed by atoms with E-state index in [2.05, 4.69) is 47.7 Å². The van der Waals surface area contributed by atoms with E-state index < -0.39 is 0 Å². The van der Waals surface area contributed by atoms with Gasteiger partial charge in [-0.2, -0.15) is 11.8 Å². The monoisotopic (exact) mass is 246 g/mol. The third-order valence-electron chi connectivity index (χ3n) is 2.73. The maximum Gasteiger partial charge on any atom is 0.0708 e. The van der Waals surface area contributed by atoms with Crippen LogP contribution in [0.25, 0.3) is 10.9 Å². The lowest BCUT2D eigenvalue weighted by Crippen LogP contribution is -2.16. The van der Waals surface area contributed by atoms with Gasteiger partial charge in [-0.25, -0.2) is 0 Å². The fourth-order valence-corrected chi connectivity index (χ4v) is 2.29. The fraction of sp³-hybridized carbons (Fsp3) is 0.357. The van der Waals surface area contributed by atoms with Gasteiger partial charge in [-0.05, 0) is 30.9 Å². The smallest absolute Gasteiger partial charge is 0.0708 e. The van der Waals surface area contributed by atoms with Crippen LogP contribution < -0.4 is 5.32 Å². The van der Waals surface area contributed by atoms with E-state index in [1.807, 2.05) is 17.8 Å². The van der Waals surface area contributed by atoms with Gasteiger partial charge in [-0.1, -0.05) is 18.2 Å². The van der Waals surface area contributed by atoms with Crippen LogP contribution in [0.5, 0.6) is 0 Å². The van der Waals surface area contributed by atoms with Crippen molar-refractivity contribution in [2.75, 3.05) is 18.6 Å². The summed E-state index contributed by atoms with van der Waals surface area (Å²) >= 11 is 1.87. The molecule has 0 aliphatic rings. The third kappa shape index (κ3) is 3.20. The number of aryl methyl sites for hydroxylation is 1. The number of aromatic nitrogens is 1. The van der Waals surface area contributed by atoms with E-state index in [1.54, 1.807) is 0 Å². The molecular formula is C14H18N2S. The molecule has 0 unspecified atom stereocenters. The second-order valence-corrected chi connectivity index (χ2v) is 5.10. The summed E-state index contributed by atoms with van der Waals surface area (Å²) in [6.45, 7) is 4.03. The summed E-state index contributed by atoms with van der Waals surface area (Å²) in [5.74, 6) is 1.15. The highest BCUT2D eigenvalue weighted by atomic mass is 32.2. The summed E-state index contributed by atoms with van der Waals surface area (Å²) in [6.07, 6.45) is 2.13. The number of rotatable bonds is 5. The first-order chi connectivity index (χ1) is 8.31. The van der Waals surface area contributed by atoms with E-state index in [-0.39, 0.29) is 0 Å². The average molecular weight is 246 g/mol. The first-order valence-electron chi connectivity index (χ1n) is 5.86. The van der Waals surface area contributed by atoms with Gasteiger partial charge in [0.15, 0.2) is 0 Å². The van der Waals surface area contributed by atoms with Gasteiger partial charge in [0.2, 0.25) is 0 Å². The predicted molar refractivity (Wildman–Crippen MR) is 76.6 cm³/mol. The topological polar surface area (TPSA) is 24.9 Å². The van der Waals surface area contributed by atoms with Crippen LogP contribution in [0.1, 0.15) is 11.3 Å². The number of pyridine rings is 1. The largest absolute Gasteiger partial charge is 0.312 e. The van der Waals surface area contributed by atoms with Crippen LogP contribution in [-0.2, 0) is 6.54 Å². The number of thioether (sulfide) groups is 1. The zero-order valence-electron chi connectivity index (χ0n) is 10.4. The zero-order chi connectivity index (χ0) is 12.1. The lowest BCUT2D eigenvalue weighted by atomic mass is 10.1. The normalized spacial score (nSPS) is 10.9. The van der Waals surface area contributed by atoms with Crippen molar-refractivity contribution in [3.63, 3.8) is 0 Å². The van der Waals surface area contributed by atoms with E-state index in [0.29, 0.717) is 0 Å². The van der Waals surface area contributed by atoms with Gasteiger partial charge in [0.05, 0.1) is 5.52 Å². The third-order valence-corrected chi connectivity index (χ3v) is 3.34. The molecule has 1 N–H and O–H groups in total. The molecule has 0 bridgehead atoms. The van der Waals surface area contributed by atoms with Crippen LogP contribution in [0.4, 0.5) is 0 Å². The molecule has 2 rings (SSSR count). The van der Waals surface area contributed by atoms with Gasteiger partial charge in [0, 0.05) is 29.9 Å². The molecule has 0 radical (unpaired) electrons. The minimum atomic E-state index is 0.921. The summed E-state index contributed by atoms with van der Waals surface area (Å²) in [7, 11) is 0. The molecule has 3 heteroatoms. The maximum atomic E-state index is 4.55. The molecule has 0 fully saturated rings. The molecule has 0 aliphatic heterocycles. The number of hydrogen-bond acceptors (Lipinski definition) is 3. The number of para-hydroxylation sites is 1. The average Bonchev–Trinajstić information content (AvgIpc) is 2.34. The Labute approximate surface area is 107 Å². The molecule has 0 aliphatic carbocycles. The number of benzene rings is 1. The van der Waals surface area contributed by atoms with E-state index in [4.69, 9.17) is 0 Å². The Morgan fingerprint density at radius 3 is 2.94 bits per heavy atom. The predicted octanol–water partition coefficient (Wildman–Crippen LogP) is 3.00. The van der Waals surface area contributed by atoms with Crippen molar-refractivity contribution in [3.05, 3.63) is 41.6 Å². The minimum absolute atomic E-state index is 0.921. The highest BCUT2D eigenvalue weighted by molar-refractivity contribution is 7.98. The SMILES string of the molecule is CSCCNCc1cc(C)nc2ccccc12. The molecular weight excluding hydrogens is 228 g/mol. The number of hydrogen-bond donors (Lipinski definition) is 1. The van der Waals surface area contributed by atoms with Crippen molar-refractivity contribution in [2.45, 2.75) is 13.5 Å². The Kier molecular flexibility index (Phi) is 4.40. The van der Waals surface area contributed by atoms with Gasteiger partial charge in [0.1, 0.15) is 0 Å². The summed E-state index contributed by atoms with van der Waals surface area (Å²) in [5, 5.41) is 4.73. The summed E-state index contributed by atoms with van der Waals surface area (Å²) < 4.78 is 0.